The Morgan fingerprint density at radius 2 is 1.57 bits per heavy atom. The molecule has 3 nitrogen and oxygen atoms in total. The van der Waals surface area contributed by atoms with Crippen molar-refractivity contribution in [1.29, 1.82) is 0 Å². The van der Waals surface area contributed by atoms with Crippen LogP contribution in [-0.2, 0) is 9.53 Å². The molecule has 0 heterocycles. The summed E-state index contributed by atoms with van der Waals surface area (Å²) in [6, 6.07) is 0. The molecule has 5 aliphatic rings. The van der Waals surface area contributed by atoms with Gasteiger partial charge in [0.05, 0.1) is 12.7 Å². The number of hydrogen-bond donors (Lipinski definition) is 1. The summed E-state index contributed by atoms with van der Waals surface area (Å²) in [6.07, 6.45) is 12.0. The Morgan fingerprint density at radius 3 is 2.23 bits per heavy atom. The maximum atomic E-state index is 11.9. The molecule has 0 aromatic heterocycles. The van der Waals surface area contributed by atoms with Gasteiger partial charge in [-0.05, 0) is 122 Å². The van der Waals surface area contributed by atoms with E-state index in [0.29, 0.717) is 46.5 Å². The highest BCUT2D eigenvalue weighted by atomic mass is 16.5. The molecule has 0 aliphatic heterocycles. The summed E-state index contributed by atoms with van der Waals surface area (Å²) in [5.41, 5.74) is 2.45. The Bertz CT molecular complexity index is 891. The number of allylic oxidation sites excluding steroid dienone is 1. The maximum absolute atomic E-state index is 11.9. The summed E-state index contributed by atoms with van der Waals surface area (Å²) in [4.78, 5) is 11.9. The van der Waals surface area contributed by atoms with Gasteiger partial charge in [0, 0.05) is 12.3 Å². The standard InChI is InChI=1S/C32H52O3/c1-20(2)22-11-16-32(19-35-21(3)33)18-17-30(7)23(27(22)32)9-10-25-29(6)14-13-26(34)28(4,5)24(29)12-15-31(25,30)8/h22-27,34H,1,9-19H2,2-8H3/t22?,23-,24+,25-,26?,27?,29+,30-,31-,32?/m1/s1. The van der Waals surface area contributed by atoms with E-state index >= 15 is 0 Å². The lowest BCUT2D eigenvalue weighted by Crippen LogP contribution is -2.66. The number of carbonyl (C=O) groups excluding carboxylic acids is 1. The molecule has 3 heteroatoms. The first-order chi connectivity index (χ1) is 16.2. The number of ether oxygens (including phenoxy) is 1. The predicted octanol–water partition coefficient (Wildman–Crippen LogP) is 7.57. The quantitative estimate of drug-likeness (QED) is 0.332. The van der Waals surface area contributed by atoms with Crippen LogP contribution in [0.25, 0.3) is 0 Å². The molecule has 0 aromatic carbocycles. The third-order valence-electron chi connectivity index (χ3n) is 13.8. The Morgan fingerprint density at radius 1 is 0.857 bits per heavy atom. The van der Waals surface area contributed by atoms with Gasteiger partial charge in [-0.25, -0.2) is 0 Å². The molecule has 0 amide bonds. The lowest BCUT2D eigenvalue weighted by atomic mass is 9.32. The number of rotatable bonds is 3. The van der Waals surface area contributed by atoms with Crippen LogP contribution >= 0.6 is 0 Å². The van der Waals surface area contributed by atoms with Crippen molar-refractivity contribution in [2.45, 2.75) is 119 Å². The van der Waals surface area contributed by atoms with E-state index in [-0.39, 0.29) is 22.9 Å². The van der Waals surface area contributed by atoms with E-state index in [1.807, 2.05) is 0 Å². The fourth-order valence-corrected chi connectivity index (χ4v) is 11.8. The van der Waals surface area contributed by atoms with E-state index in [2.05, 4.69) is 48.1 Å². The van der Waals surface area contributed by atoms with Crippen LogP contribution in [0, 0.1) is 56.7 Å². The average Bonchev–Trinajstić information content (AvgIpc) is 3.16. The largest absolute Gasteiger partial charge is 0.465 e. The minimum absolute atomic E-state index is 0.00826. The van der Waals surface area contributed by atoms with Gasteiger partial charge in [-0.2, -0.15) is 0 Å². The van der Waals surface area contributed by atoms with Gasteiger partial charge < -0.3 is 9.84 Å². The van der Waals surface area contributed by atoms with Crippen molar-refractivity contribution in [3.63, 3.8) is 0 Å². The van der Waals surface area contributed by atoms with Crippen LogP contribution in [0.2, 0.25) is 0 Å². The molecule has 198 valence electrons. The molecule has 5 fully saturated rings. The van der Waals surface area contributed by atoms with Crippen LogP contribution in [0.1, 0.15) is 113 Å². The second-order valence-corrected chi connectivity index (χ2v) is 15.2. The molecule has 5 aliphatic carbocycles. The van der Waals surface area contributed by atoms with E-state index in [9.17, 15) is 9.90 Å². The zero-order valence-corrected chi connectivity index (χ0v) is 23.7. The van der Waals surface area contributed by atoms with E-state index in [0.717, 1.165) is 12.3 Å². The second kappa shape index (κ2) is 8.08. The highest BCUT2D eigenvalue weighted by Crippen LogP contribution is 2.77. The maximum Gasteiger partial charge on any atom is 0.302 e. The smallest absolute Gasteiger partial charge is 0.302 e. The average molecular weight is 485 g/mol. The van der Waals surface area contributed by atoms with Gasteiger partial charge in [0.25, 0.3) is 0 Å². The highest BCUT2D eigenvalue weighted by molar-refractivity contribution is 5.65. The Hall–Kier alpha value is -0.830. The van der Waals surface area contributed by atoms with Gasteiger partial charge in [0.1, 0.15) is 0 Å². The summed E-state index contributed by atoms with van der Waals surface area (Å²) in [7, 11) is 0. The molecule has 0 aromatic rings. The third kappa shape index (κ3) is 3.34. The van der Waals surface area contributed by atoms with Crippen molar-refractivity contribution in [3.05, 3.63) is 12.2 Å². The molecule has 10 atom stereocenters. The minimum Gasteiger partial charge on any atom is -0.465 e. The number of esters is 1. The van der Waals surface area contributed by atoms with Crippen molar-refractivity contribution in [1.82, 2.24) is 0 Å². The summed E-state index contributed by atoms with van der Waals surface area (Å²) in [5.74, 6) is 3.04. The monoisotopic (exact) mass is 484 g/mol. The first-order valence-electron chi connectivity index (χ1n) is 14.7. The molecule has 0 radical (unpaired) electrons. The van der Waals surface area contributed by atoms with E-state index in [4.69, 9.17) is 4.74 Å². The lowest BCUT2D eigenvalue weighted by molar-refractivity contribution is -0.249. The van der Waals surface area contributed by atoms with Gasteiger partial charge in [-0.1, -0.05) is 46.8 Å². The Balaban J connectivity index is 1.53. The SMILES string of the molecule is C=C(C)C1CCC2(COC(C)=O)CC[C@]3(C)[C@H](CC[C@@H]4[C@@]5(C)CCC(O)C(C)(C)[C@@H]5CC[C@]43C)C12. The van der Waals surface area contributed by atoms with Crippen molar-refractivity contribution >= 4 is 5.97 Å². The number of aliphatic hydroxyl groups is 1. The third-order valence-corrected chi connectivity index (χ3v) is 13.8. The summed E-state index contributed by atoms with van der Waals surface area (Å²) >= 11 is 0. The fourth-order valence-electron chi connectivity index (χ4n) is 11.8. The van der Waals surface area contributed by atoms with Gasteiger partial charge in [0.15, 0.2) is 0 Å². The zero-order valence-electron chi connectivity index (χ0n) is 23.7. The fraction of sp³-hybridized carbons (Fsp3) is 0.906. The van der Waals surface area contributed by atoms with Crippen LogP contribution in [0.15, 0.2) is 12.2 Å². The summed E-state index contributed by atoms with van der Waals surface area (Å²) in [5, 5.41) is 10.9. The van der Waals surface area contributed by atoms with Crippen LogP contribution < -0.4 is 0 Å². The molecule has 4 unspecified atom stereocenters. The lowest BCUT2D eigenvalue weighted by Gasteiger charge is -2.73. The Kier molecular flexibility index (Phi) is 5.96. The number of hydrogen-bond acceptors (Lipinski definition) is 3. The topological polar surface area (TPSA) is 46.5 Å². The summed E-state index contributed by atoms with van der Waals surface area (Å²) < 4.78 is 5.79. The predicted molar refractivity (Wildman–Crippen MR) is 142 cm³/mol. The van der Waals surface area contributed by atoms with E-state index < -0.39 is 0 Å². The molecule has 5 saturated carbocycles. The first-order valence-corrected chi connectivity index (χ1v) is 14.7. The van der Waals surface area contributed by atoms with Crippen molar-refractivity contribution in [3.8, 4) is 0 Å². The molecule has 35 heavy (non-hydrogen) atoms. The van der Waals surface area contributed by atoms with Gasteiger partial charge in [0.2, 0.25) is 0 Å². The molecule has 1 N–H and O–H groups in total. The van der Waals surface area contributed by atoms with Crippen LogP contribution in [0.3, 0.4) is 0 Å². The molecular weight excluding hydrogens is 432 g/mol. The first kappa shape index (κ1) is 25.8. The molecule has 0 saturated heterocycles. The number of aliphatic hydroxyl groups excluding tert-OH is 1. The van der Waals surface area contributed by atoms with Gasteiger partial charge in [-0.3, -0.25) is 4.79 Å². The van der Waals surface area contributed by atoms with E-state index in [1.165, 1.54) is 63.4 Å². The minimum atomic E-state index is -0.164. The highest BCUT2D eigenvalue weighted by Gasteiger charge is 2.70. The van der Waals surface area contributed by atoms with Crippen molar-refractivity contribution < 1.29 is 14.6 Å². The van der Waals surface area contributed by atoms with Gasteiger partial charge in [-0.15, -0.1) is 0 Å². The van der Waals surface area contributed by atoms with Gasteiger partial charge >= 0.3 is 5.97 Å². The van der Waals surface area contributed by atoms with E-state index in [1.54, 1.807) is 6.92 Å². The zero-order chi connectivity index (χ0) is 25.6. The van der Waals surface area contributed by atoms with Crippen LogP contribution in [0.5, 0.6) is 0 Å². The molecule has 5 rings (SSSR count). The van der Waals surface area contributed by atoms with Crippen molar-refractivity contribution in [2.24, 2.45) is 56.7 Å². The second-order valence-electron chi connectivity index (χ2n) is 15.2. The molecular formula is C32H52O3. The summed E-state index contributed by atoms with van der Waals surface area (Å²) in [6.45, 7) is 21.5. The van der Waals surface area contributed by atoms with Crippen LogP contribution in [-0.4, -0.2) is 23.8 Å². The van der Waals surface area contributed by atoms with Crippen LogP contribution in [0.4, 0.5) is 0 Å². The molecule has 0 bridgehead atoms. The Labute approximate surface area is 214 Å². The van der Waals surface area contributed by atoms with Crippen molar-refractivity contribution in [2.75, 3.05) is 6.61 Å². The number of carbonyl (C=O) groups is 1. The normalized spacial score (nSPS) is 52.5. The molecule has 0 spiro atoms. The number of fused-ring (bicyclic) bond motifs is 7.